The van der Waals surface area contributed by atoms with Gasteiger partial charge >= 0.3 is 0 Å². The third-order valence-electron chi connectivity index (χ3n) is 4.50. The number of anilines is 3. The van der Waals surface area contributed by atoms with Gasteiger partial charge in [-0.2, -0.15) is 9.97 Å². The summed E-state index contributed by atoms with van der Waals surface area (Å²) < 4.78 is 0. The second-order valence-electron chi connectivity index (χ2n) is 6.25. The van der Waals surface area contributed by atoms with Crippen molar-refractivity contribution < 1.29 is 0 Å². The molecule has 0 aliphatic carbocycles. The summed E-state index contributed by atoms with van der Waals surface area (Å²) in [6.45, 7) is 2.50. The molecule has 3 aromatic rings. The fraction of sp³-hybridized carbons (Fsp3) is 0.200. The van der Waals surface area contributed by atoms with Gasteiger partial charge in [0.1, 0.15) is 11.6 Å². The third kappa shape index (κ3) is 3.55. The minimum absolute atomic E-state index is 0.298. The molecule has 2 heterocycles. The van der Waals surface area contributed by atoms with E-state index in [2.05, 4.69) is 56.6 Å². The number of hydrogen-bond donors (Lipinski definition) is 2. The van der Waals surface area contributed by atoms with E-state index in [1.54, 1.807) is 0 Å². The first-order chi connectivity index (χ1) is 12.3. The highest BCUT2D eigenvalue weighted by atomic mass is 15.2. The average Bonchev–Trinajstić information content (AvgIpc) is 2.66. The molecule has 0 unspecified atom stereocenters. The van der Waals surface area contributed by atoms with Crippen LogP contribution in [0, 0.1) is 0 Å². The lowest BCUT2D eigenvalue weighted by Gasteiger charge is -2.30. The lowest BCUT2D eigenvalue weighted by atomic mass is 10.00. The molecule has 0 radical (unpaired) electrons. The van der Waals surface area contributed by atoms with E-state index < -0.39 is 0 Å². The summed E-state index contributed by atoms with van der Waals surface area (Å²) in [6.07, 6.45) is 1.02. The van der Waals surface area contributed by atoms with Crippen molar-refractivity contribution in [1.29, 1.82) is 0 Å². The summed E-state index contributed by atoms with van der Waals surface area (Å²) in [6, 6.07) is 20.8. The van der Waals surface area contributed by atoms with Crippen molar-refractivity contribution in [3.05, 3.63) is 77.4 Å². The van der Waals surface area contributed by atoms with Crippen LogP contribution in [0.5, 0.6) is 0 Å². The molecule has 0 amide bonds. The van der Waals surface area contributed by atoms with Gasteiger partial charge in [-0.1, -0.05) is 54.6 Å². The van der Waals surface area contributed by atoms with Crippen LogP contribution in [0.1, 0.15) is 16.7 Å². The molecule has 0 spiro atoms. The number of nitrogens with two attached hydrogens (primary N) is 1. The molecule has 3 N–H and O–H groups in total. The zero-order chi connectivity index (χ0) is 17.1. The third-order valence-corrected chi connectivity index (χ3v) is 4.50. The van der Waals surface area contributed by atoms with Crippen molar-refractivity contribution in [3.8, 4) is 0 Å². The first kappa shape index (κ1) is 15.4. The Hall–Kier alpha value is -3.08. The molecule has 0 bridgehead atoms. The van der Waals surface area contributed by atoms with Gasteiger partial charge in [0.15, 0.2) is 0 Å². The predicted molar refractivity (Wildman–Crippen MR) is 101 cm³/mol. The summed E-state index contributed by atoms with van der Waals surface area (Å²) in [4.78, 5) is 11.0. The topological polar surface area (TPSA) is 67.1 Å². The van der Waals surface area contributed by atoms with Crippen LogP contribution in [0.3, 0.4) is 0 Å². The number of nitrogens with zero attached hydrogens (tertiary/aromatic N) is 3. The average molecular weight is 331 g/mol. The van der Waals surface area contributed by atoms with Crippen LogP contribution in [0.25, 0.3) is 0 Å². The van der Waals surface area contributed by atoms with E-state index in [9.17, 15) is 0 Å². The maximum atomic E-state index is 5.94. The number of aromatic nitrogens is 2. The van der Waals surface area contributed by atoms with Crippen molar-refractivity contribution in [1.82, 2.24) is 9.97 Å². The van der Waals surface area contributed by atoms with Gasteiger partial charge in [0.2, 0.25) is 5.95 Å². The summed E-state index contributed by atoms with van der Waals surface area (Å²) in [7, 11) is 0. The minimum atomic E-state index is 0.298. The van der Waals surface area contributed by atoms with Gasteiger partial charge in [-0.15, -0.1) is 0 Å². The van der Waals surface area contributed by atoms with Gasteiger partial charge in [-0.25, -0.2) is 0 Å². The van der Waals surface area contributed by atoms with Gasteiger partial charge in [0.05, 0.1) is 0 Å². The molecule has 5 nitrogen and oxygen atoms in total. The van der Waals surface area contributed by atoms with E-state index in [-0.39, 0.29) is 0 Å². The molecule has 4 rings (SSSR count). The van der Waals surface area contributed by atoms with E-state index in [1.807, 2.05) is 24.3 Å². The predicted octanol–water partition coefficient (Wildman–Crippen LogP) is 3.23. The van der Waals surface area contributed by atoms with Crippen LogP contribution >= 0.6 is 0 Å². The molecule has 0 saturated heterocycles. The first-order valence-electron chi connectivity index (χ1n) is 8.52. The Morgan fingerprint density at radius 1 is 0.960 bits per heavy atom. The summed E-state index contributed by atoms with van der Waals surface area (Å²) >= 11 is 0. The van der Waals surface area contributed by atoms with Crippen LogP contribution in [0.2, 0.25) is 0 Å². The van der Waals surface area contributed by atoms with Crippen molar-refractivity contribution in [3.63, 3.8) is 0 Å². The Morgan fingerprint density at radius 2 is 1.72 bits per heavy atom. The number of rotatable bonds is 4. The molecule has 126 valence electrons. The highest BCUT2D eigenvalue weighted by molar-refractivity contribution is 5.54. The van der Waals surface area contributed by atoms with E-state index in [0.717, 1.165) is 31.1 Å². The highest BCUT2D eigenvalue weighted by Crippen LogP contribution is 2.25. The lowest BCUT2D eigenvalue weighted by Crippen LogP contribution is -2.31. The lowest BCUT2D eigenvalue weighted by molar-refractivity contribution is 0.720. The largest absolute Gasteiger partial charge is 0.368 e. The Labute approximate surface area is 147 Å². The van der Waals surface area contributed by atoms with Gasteiger partial charge in [0, 0.05) is 25.7 Å². The molecule has 0 saturated carbocycles. The molecule has 5 heteroatoms. The Balaban J connectivity index is 1.52. The summed E-state index contributed by atoms with van der Waals surface area (Å²) in [5, 5.41) is 3.34. The fourth-order valence-corrected chi connectivity index (χ4v) is 3.18. The van der Waals surface area contributed by atoms with Gasteiger partial charge in [-0.05, 0) is 23.1 Å². The number of nitrogen functional groups attached to an aromatic ring is 1. The molecule has 1 aliphatic rings. The van der Waals surface area contributed by atoms with E-state index >= 15 is 0 Å². The molecule has 1 aromatic heterocycles. The summed E-state index contributed by atoms with van der Waals surface area (Å²) in [5.74, 6) is 1.93. The molecule has 25 heavy (non-hydrogen) atoms. The zero-order valence-electron chi connectivity index (χ0n) is 14.0. The second-order valence-corrected chi connectivity index (χ2v) is 6.25. The van der Waals surface area contributed by atoms with Gasteiger partial charge in [0.25, 0.3) is 0 Å². The Bertz CT molecular complexity index is 863. The quantitative estimate of drug-likeness (QED) is 0.768. The highest BCUT2D eigenvalue weighted by Gasteiger charge is 2.18. The maximum Gasteiger partial charge on any atom is 0.223 e. The smallest absolute Gasteiger partial charge is 0.223 e. The standard InChI is InChI=1S/C20H21N5/c21-20-23-18(22-13-15-6-2-1-3-7-15)12-19(24-20)25-11-10-16-8-4-5-9-17(16)14-25/h1-9,12H,10-11,13-14H2,(H3,21,22,23,24). The molecule has 0 atom stereocenters. The van der Waals surface area contributed by atoms with Crippen LogP contribution in [-0.2, 0) is 19.5 Å². The maximum absolute atomic E-state index is 5.94. The monoisotopic (exact) mass is 331 g/mol. The van der Waals surface area contributed by atoms with Crippen LogP contribution < -0.4 is 16.0 Å². The van der Waals surface area contributed by atoms with E-state index in [0.29, 0.717) is 12.5 Å². The van der Waals surface area contributed by atoms with Crippen molar-refractivity contribution in [2.45, 2.75) is 19.5 Å². The molecule has 0 fully saturated rings. The van der Waals surface area contributed by atoms with Gasteiger partial charge < -0.3 is 16.0 Å². The Morgan fingerprint density at radius 3 is 2.56 bits per heavy atom. The van der Waals surface area contributed by atoms with Crippen LogP contribution in [0.4, 0.5) is 17.6 Å². The minimum Gasteiger partial charge on any atom is -0.368 e. The molecule has 1 aliphatic heterocycles. The molecule has 2 aromatic carbocycles. The number of fused-ring (bicyclic) bond motifs is 1. The normalized spacial score (nSPS) is 13.4. The molecular formula is C20H21N5. The molecular weight excluding hydrogens is 310 g/mol. The summed E-state index contributed by atoms with van der Waals surface area (Å²) in [5.41, 5.74) is 9.91. The zero-order valence-corrected chi connectivity index (χ0v) is 14.0. The van der Waals surface area contributed by atoms with E-state index in [1.165, 1.54) is 16.7 Å². The number of hydrogen-bond acceptors (Lipinski definition) is 5. The fourth-order valence-electron chi connectivity index (χ4n) is 3.18. The van der Waals surface area contributed by atoms with Crippen LogP contribution in [-0.4, -0.2) is 16.5 Å². The number of benzene rings is 2. The van der Waals surface area contributed by atoms with Crippen LogP contribution in [0.15, 0.2) is 60.7 Å². The van der Waals surface area contributed by atoms with Gasteiger partial charge in [-0.3, -0.25) is 0 Å². The van der Waals surface area contributed by atoms with Crippen molar-refractivity contribution >= 4 is 17.6 Å². The first-order valence-corrected chi connectivity index (χ1v) is 8.52. The Kier molecular flexibility index (Phi) is 4.21. The van der Waals surface area contributed by atoms with Crippen molar-refractivity contribution in [2.24, 2.45) is 0 Å². The van der Waals surface area contributed by atoms with Crippen molar-refractivity contribution in [2.75, 3.05) is 22.5 Å². The second kappa shape index (κ2) is 6.81. The van der Waals surface area contributed by atoms with E-state index in [4.69, 9.17) is 5.73 Å². The number of nitrogens with one attached hydrogen (secondary N) is 1. The SMILES string of the molecule is Nc1nc(NCc2ccccc2)cc(N2CCc3ccccc3C2)n1.